The molecule has 0 amide bonds. The van der Waals surface area contributed by atoms with Crippen LogP contribution in [0.15, 0.2) is 66.7 Å². The second-order valence-electron chi connectivity index (χ2n) is 5.46. The minimum atomic E-state index is 0. The van der Waals surface area contributed by atoms with Crippen molar-refractivity contribution in [1.29, 1.82) is 0 Å². The quantitative estimate of drug-likeness (QED) is 0.578. The molecular formula is C20H19Cl2NO2. The van der Waals surface area contributed by atoms with Crippen molar-refractivity contribution in [3.63, 3.8) is 0 Å². The average Bonchev–Trinajstić information content (AvgIpc) is 2.57. The lowest BCUT2D eigenvalue weighted by Gasteiger charge is -2.12. The van der Waals surface area contributed by atoms with Crippen LogP contribution in [0.2, 0.25) is 5.02 Å². The molecule has 3 aromatic rings. The Morgan fingerprint density at radius 3 is 2.28 bits per heavy atom. The van der Waals surface area contributed by atoms with Gasteiger partial charge in [-0.05, 0) is 60.0 Å². The van der Waals surface area contributed by atoms with E-state index in [1.54, 1.807) is 13.2 Å². The molecule has 0 saturated carbocycles. The van der Waals surface area contributed by atoms with Gasteiger partial charge in [-0.1, -0.05) is 35.9 Å². The minimum absolute atomic E-state index is 0. The number of nitrogens with two attached hydrogens (primary N) is 1. The lowest BCUT2D eigenvalue weighted by molar-refractivity contribution is 0.378. The van der Waals surface area contributed by atoms with Gasteiger partial charge >= 0.3 is 0 Å². The van der Waals surface area contributed by atoms with Crippen LogP contribution >= 0.6 is 24.0 Å². The number of anilines is 1. The van der Waals surface area contributed by atoms with E-state index in [-0.39, 0.29) is 12.4 Å². The van der Waals surface area contributed by atoms with E-state index in [1.165, 1.54) is 5.56 Å². The van der Waals surface area contributed by atoms with E-state index in [4.69, 9.17) is 26.8 Å². The molecule has 0 unspecified atom stereocenters. The summed E-state index contributed by atoms with van der Waals surface area (Å²) in [4.78, 5) is 0. The first-order chi connectivity index (χ1) is 11.6. The summed E-state index contributed by atoms with van der Waals surface area (Å²) < 4.78 is 11.3. The highest BCUT2D eigenvalue weighted by Crippen LogP contribution is 2.33. The predicted octanol–water partition coefficient (Wildman–Crippen LogP) is 5.74. The molecule has 0 aliphatic carbocycles. The van der Waals surface area contributed by atoms with E-state index in [2.05, 4.69) is 0 Å². The van der Waals surface area contributed by atoms with Crippen molar-refractivity contribution in [1.82, 2.24) is 0 Å². The molecule has 0 saturated heterocycles. The zero-order valence-electron chi connectivity index (χ0n) is 13.7. The molecule has 0 spiro atoms. The molecule has 0 bridgehead atoms. The van der Waals surface area contributed by atoms with Crippen LogP contribution in [0.25, 0.3) is 0 Å². The molecule has 130 valence electrons. The fourth-order valence-corrected chi connectivity index (χ4v) is 2.62. The van der Waals surface area contributed by atoms with Crippen molar-refractivity contribution < 1.29 is 9.47 Å². The zero-order valence-corrected chi connectivity index (χ0v) is 15.3. The maximum atomic E-state index is 6.01. The van der Waals surface area contributed by atoms with Crippen molar-refractivity contribution >= 4 is 29.7 Å². The molecule has 2 N–H and O–H groups in total. The van der Waals surface area contributed by atoms with Gasteiger partial charge in [0, 0.05) is 10.7 Å². The van der Waals surface area contributed by atoms with Gasteiger partial charge in [0.15, 0.2) is 11.5 Å². The summed E-state index contributed by atoms with van der Waals surface area (Å²) in [6, 6.07) is 21.1. The zero-order chi connectivity index (χ0) is 16.9. The van der Waals surface area contributed by atoms with Crippen LogP contribution in [0.5, 0.6) is 17.2 Å². The molecule has 5 heteroatoms. The molecule has 0 radical (unpaired) electrons. The molecule has 0 fully saturated rings. The predicted molar refractivity (Wildman–Crippen MR) is 105 cm³/mol. The Kier molecular flexibility index (Phi) is 6.57. The normalized spacial score (nSPS) is 10.0. The third kappa shape index (κ3) is 5.05. The Bertz CT molecular complexity index is 835. The van der Waals surface area contributed by atoms with Crippen molar-refractivity contribution in [2.24, 2.45) is 0 Å². The Morgan fingerprint density at radius 1 is 0.880 bits per heavy atom. The maximum Gasteiger partial charge on any atom is 0.169 e. The highest BCUT2D eigenvalue weighted by atomic mass is 35.5. The van der Waals surface area contributed by atoms with Gasteiger partial charge in [0.05, 0.1) is 7.11 Å². The Balaban J connectivity index is 0.00000225. The van der Waals surface area contributed by atoms with E-state index in [0.717, 1.165) is 17.7 Å². The largest absolute Gasteiger partial charge is 0.493 e. The van der Waals surface area contributed by atoms with Crippen LogP contribution in [-0.4, -0.2) is 7.11 Å². The van der Waals surface area contributed by atoms with Gasteiger partial charge in [-0.3, -0.25) is 0 Å². The van der Waals surface area contributed by atoms with Crippen LogP contribution in [0.1, 0.15) is 11.1 Å². The minimum Gasteiger partial charge on any atom is -0.493 e. The molecule has 0 aromatic heterocycles. The monoisotopic (exact) mass is 375 g/mol. The van der Waals surface area contributed by atoms with Gasteiger partial charge in [0.25, 0.3) is 0 Å². The average molecular weight is 376 g/mol. The van der Waals surface area contributed by atoms with Gasteiger partial charge < -0.3 is 15.2 Å². The Hall–Kier alpha value is -2.36. The van der Waals surface area contributed by atoms with Crippen LogP contribution in [0.4, 0.5) is 5.69 Å². The first kappa shape index (κ1) is 19.0. The van der Waals surface area contributed by atoms with Gasteiger partial charge in [-0.2, -0.15) is 0 Å². The van der Waals surface area contributed by atoms with Crippen LogP contribution < -0.4 is 15.2 Å². The summed E-state index contributed by atoms with van der Waals surface area (Å²) >= 11 is 6.01. The number of ether oxygens (including phenoxy) is 2. The SMILES string of the molecule is COc1ccc(Cc2ccc(N)cc2)cc1Oc1cccc(Cl)c1.Cl. The number of benzene rings is 3. The van der Waals surface area contributed by atoms with Gasteiger partial charge in [-0.25, -0.2) is 0 Å². The molecule has 3 nitrogen and oxygen atoms in total. The fourth-order valence-electron chi connectivity index (χ4n) is 2.44. The Morgan fingerprint density at radius 2 is 1.60 bits per heavy atom. The fraction of sp³-hybridized carbons (Fsp3) is 0.100. The summed E-state index contributed by atoms with van der Waals surface area (Å²) in [5.74, 6) is 2.01. The molecule has 0 aliphatic rings. The van der Waals surface area contributed by atoms with Gasteiger partial charge in [-0.15, -0.1) is 12.4 Å². The summed E-state index contributed by atoms with van der Waals surface area (Å²) in [6.07, 6.45) is 0.788. The highest BCUT2D eigenvalue weighted by molar-refractivity contribution is 6.30. The topological polar surface area (TPSA) is 44.5 Å². The van der Waals surface area contributed by atoms with Crippen LogP contribution in [0.3, 0.4) is 0 Å². The van der Waals surface area contributed by atoms with Gasteiger partial charge in [0.1, 0.15) is 5.75 Å². The lowest BCUT2D eigenvalue weighted by atomic mass is 10.0. The van der Waals surface area contributed by atoms with Crippen molar-refractivity contribution in [2.45, 2.75) is 6.42 Å². The first-order valence-electron chi connectivity index (χ1n) is 7.59. The van der Waals surface area contributed by atoms with Crippen LogP contribution in [0, 0.1) is 0 Å². The van der Waals surface area contributed by atoms with E-state index in [0.29, 0.717) is 22.3 Å². The smallest absolute Gasteiger partial charge is 0.169 e. The second kappa shape index (κ2) is 8.65. The molecular weight excluding hydrogens is 357 g/mol. The Labute approximate surface area is 158 Å². The van der Waals surface area contributed by atoms with Crippen molar-refractivity contribution in [3.8, 4) is 17.2 Å². The summed E-state index contributed by atoms with van der Waals surface area (Å²) in [6.45, 7) is 0. The number of nitrogen functional groups attached to an aromatic ring is 1. The summed E-state index contributed by atoms with van der Waals surface area (Å²) in [5, 5.41) is 0.629. The number of methoxy groups -OCH3 is 1. The standard InChI is InChI=1S/C20H18ClNO2.ClH/c1-23-19-10-7-15(11-14-5-8-17(22)9-6-14)12-20(19)24-18-4-2-3-16(21)13-18;/h2-10,12-13H,11,22H2,1H3;1H. The highest BCUT2D eigenvalue weighted by Gasteiger charge is 2.08. The number of halogens is 2. The van der Waals surface area contributed by atoms with Crippen LogP contribution in [-0.2, 0) is 6.42 Å². The molecule has 0 heterocycles. The summed E-state index contributed by atoms with van der Waals surface area (Å²) in [5.41, 5.74) is 8.80. The maximum absolute atomic E-state index is 6.01. The van der Waals surface area contributed by atoms with E-state index in [9.17, 15) is 0 Å². The van der Waals surface area contributed by atoms with E-state index < -0.39 is 0 Å². The number of hydrogen-bond donors (Lipinski definition) is 1. The third-order valence-electron chi connectivity index (χ3n) is 3.64. The molecule has 0 aliphatic heterocycles. The van der Waals surface area contributed by atoms with Crippen molar-refractivity contribution in [3.05, 3.63) is 82.9 Å². The lowest BCUT2D eigenvalue weighted by Crippen LogP contribution is -1.94. The molecule has 3 aromatic carbocycles. The molecule has 3 rings (SSSR count). The third-order valence-corrected chi connectivity index (χ3v) is 3.87. The summed E-state index contributed by atoms with van der Waals surface area (Å²) in [7, 11) is 1.62. The second-order valence-corrected chi connectivity index (χ2v) is 5.90. The molecule has 25 heavy (non-hydrogen) atoms. The van der Waals surface area contributed by atoms with E-state index in [1.807, 2.05) is 60.7 Å². The van der Waals surface area contributed by atoms with Gasteiger partial charge in [0.2, 0.25) is 0 Å². The first-order valence-corrected chi connectivity index (χ1v) is 7.96. The van der Waals surface area contributed by atoms with E-state index >= 15 is 0 Å². The number of hydrogen-bond acceptors (Lipinski definition) is 3. The van der Waals surface area contributed by atoms with Crippen molar-refractivity contribution in [2.75, 3.05) is 12.8 Å². The number of rotatable bonds is 5. The molecule has 0 atom stereocenters.